The van der Waals surface area contributed by atoms with Gasteiger partial charge in [-0.15, -0.1) is 0 Å². The molecule has 2 aliphatic heterocycles. The number of nitrogens with two attached hydrogens (primary N) is 1. The molecule has 0 aliphatic carbocycles. The van der Waals surface area contributed by atoms with E-state index < -0.39 is 6.04 Å². The predicted molar refractivity (Wildman–Crippen MR) is 96.4 cm³/mol. The Hall–Kier alpha value is -1.51. The molecule has 0 bridgehead atoms. The average molecular weight is 365 g/mol. The van der Waals surface area contributed by atoms with Gasteiger partial charge < -0.3 is 19.9 Å². The maximum atomic E-state index is 12.8. The molecule has 3 heterocycles. The molecule has 8 heteroatoms. The first-order valence-corrected chi connectivity index (χ1v) is 9.60. The third-order valence-corrected chi connectivity index (χ3v) is 5.53. The molecule has 26 heavy (non-hydrogen) atoms. The van der Waals surface area contributed by atoms with Crippen molar-refractivity contribution in [1.82, 2.24) is 19.9 Å². The van der Waals surface area contributed by atoms with Crippen LogP contribution in [0, 0.1) is 5.92 Å². The summed E-state index contributed by atoms with van der Waals surface area (Å²) < 4.78 is 10.6. The Morgan fingerprint density at radius 2 is 2.08 bits per heavy atom. The van der Waals surface area contributed by atoms with Crippen LogP contribution in [0.3, 0.4) is 0 Å². The van der Waals surface area contributed by atoms with Gasteiger partial charge >= 0.3 is 0 Å². The van der Waals surface area contributed by atoms with E-state index in [2.05, 4.69) is 15.0 Å². The monoisotopic (exact) mass is 365 g/mol. The van der Waals surface area contributed by atoms with Gasteiger partial charge in [-0.2, -0.15) is 4.98 Å². The quantitative estimate of drug-likeness (QED) is 0.802. The van der Waals surface area contributed by atoms with Gasteiger partial charge in [0.05, 0.1) is 12.6 Å². The number of carbonyl (C=O) groups excluding carboxylic acids is 1. The minimum absolute atomic E-state index is 0.0782. The van der Waals surface area contributed by atoms with Gasteiger partial charge in [0.2, 0.25) is 11.8 Å². The van der Waals surface area contributed by atoms with Crippen LogP contribution in [-0.2, 0) is 16.1 Å². The van der Waals surface area contributed by atoms with E-state index in [1.807, 2.05) is 25.8 Å². The van der Waals surface area contributed by atoms with Crippen LogP contribution in [0.4, 0.5) is 0 Å². The Bertz CT molecular complexity index is 599. The molecule has 1 amide bonds. The normalized spacial score (nSPS) is 23.2. The summed E-state index contributed by atoms with van der Waals surface area (Å²) in [6, 6.07) is -0.115. The molecule has 0 saturated carbocycles. The van der Waals surface area contributed by atoms with E-state index in [1.165, 1.54) is 0 Å². The highest BCUT2D eigenvalue weighted by molar-refractivity contribution is 5.82. The minimum atomic E-state index is -0.409. The van der Waals surface area contributed by atoms with Gasteiger partial charge in [-0.1, -0.05) is 19.0 Å². The first kappa shape index (κ1) is 19.3. The van der Waals surface area contributed by atoms with E-state index in [0.29, 0.717) is 44.1 Å². The number of hydrogen-bond donors (Lipinski definition) is 1. The van der Waals surface area contributed by atoms with E-state index in [-0.39, 0.29) is 17.7 Å². The van der Waals surface area contributed by atoms with Gasteiger partial charge in [-0.3, -0.25) is 9.69 Å². The maximum absolute atomic E-state index is 12.8. The molecule has 146 valence electrons. The van der Waals surface area contributed by atoms with E-state index in [1.54, 1.807) is 0 Å². The highest BCUT2D eigenvalue weighted by Gasteiger charge is 2.35. The zero-order valence-corrected chi connectivity index (χ0v) is 16.1. The molecule has 2 unspecified atom stereocenters. The Kier molecular flexibility index (Phi) is 6.26. The smallest absolute Gasteiger partial charge is 0.239 e. The number of likely N-dealkylation sites (N-methyl/N-ethyl adjacent to an activating group) is 1. The lowest BCUT2D eigenvalue weighted by Gasteiger charge is -2.30. The number of aromatic nitrogens is 2. The van der Waals surface area contributed by atoms with Crippen LogP contribution in [0.2, 0.25) is 0 Å². The minimum Gasteiger partial charge on any atom is -0.381 e. The van der Waals surface area contributed by atoms with Gasteiger partial charge in [0.1, 0.15) is 0 Å². The number of likely N-dealkylation sites (tertiary alicyclic amines) is 1. The van der Waals surface area contributed by atoms with E-state index in [9.17, 15) is 4.79 Å². The zero-order chi connectivity index (χ0) is 18.7. The molecule has 2 aliphatic rings. The summed E-state index contributed by atoms with van der Waals surface area (Å²) in [4.78, 5) is 21.3. The van der Waals surface area contributed by atoms with Crippen molar-refractivity contribution in [2.75, 3.05) is 33.4 Å². The first-order chi connectivity index (χ1) is 12.5. The number of amides is 1. The summed E-state index contributed by atoms with van der Waals surface area (Å²) in [6.45, 7) is 7.57. The van der Waals surface area contributed by atoms with Crippen molar-refractivity contribution in [1.29, 1.82) is 0 Å². The lowest BCUT2D eigenvalue weighted by Crippen LogP contribution is -2.49. The van der Waals surface area contributed by atoms with Crippen LogP contribution >= 0.6 is 0 Å². The lowest BCUT2D eigenvalue weighted by atomic mass is 9.91. The van der Waals surface area contributed by atoms with Crippen LogP contribution < -0.4 is 5.73 Å². The van der Waals surface area contributed by atoms with Crippen molar-refractivity contribution < 1.29 is 14.1 Å². The number of nitrogens with zero attached hydrogens (tertiary/aromatic N) is 4. The largest absolute Gasteiger partial charge is 0.381 e. The van der Waals surface area contributed by atoms with Crippen LogP contribution in [-0.4, -0.2) is 71.3 Å². The molecule has 2 saturated heterocycles. The second-order valence-corrected chi connectivity index (χ2v) is 7.82. The predicted octanol–water partition coefficient (Wildman–Crippen LogP) is 0.980. The van der Waals surface area contributed by atoms with Crippen molar-refractivity contribution >= 4 is 5.91 Å². The summed E-state index contributed by atoms with van der Waals surface area (Å²) in [5.74, 6) is 1.91. The summed E-state index contributed by atoms with van der Waals surface area (Å²) >= 11 is 0. The number of hydrogen-bond acceptors (Lipinski definition) is 7. The van der Waals surface area contributed by atoms with Crippen LogP contribution in [0.25, 0.3) is 0 Å². The Balaban J connectivity index is 1.51. The molecular weight excluding hydrogens is 334 g/mol. The van der Waals surface area contributed by atoms with Crippen molar-refractivity contribution in [3.05, 3.63) is 11.7 Å². The van der Waals surface area contributed by atoms with Crippen LogP contribution in [0.15, 0.2) is 4.52 Å². The molecule has 2 atom stereocenters. The fraction of sp³-hybridized carbons (Fsp3) is 0.833. The molecule has 0 aromatic carbocycles. The molecule has 2 N–H and O–H groups in total. The molecule has 8 nitrogen and oxygen atoms in total. The molecule has 0 radical (unpaired) electrons. The van der Waals surface area contributed by atoms with Crippen LogP contribution in [0.5, 0.6) is 0 Å². The molecule has 1 aromatic heterocycles. The Morgan fingerprint density at radius 1 is 1.35 bits per heavy atom. The van der Waals surface area contributed by atoms with E-state index >= 15 is 0 Å². The van der Waals surface area contributed by atoms with E-state index in [4.69, 9.17) is 15.0 Å². The van der Waals surface area contributed by atoms with Crippen molar-refractivity contribution in [2.45, 2.75) is 57.7 Å². The van der Waals surface area contributed by atoms with Gasteiger partial charge in [0.15, 0.2) is 5.82 Å². The zero-order valence-electron chi connectivity index (χ0n) is 16.1. The van der Waals surface area contributed by atoms with Gasteiger partial charge in [-0.05, 0) is 32.2 Å². The average Bonchev–Trinajstić information content (AvgIpc) is 3.31. The first-order valence-electron chi connectivity index (χ1n) is 9.60. The Morgan fingerprint density at radius 3 is 2.73 bits per heavy atom. The third-order valence-electron chi connectivity index (χ3n) is 5.53. The van der Waals surface area contributed by atoms with Crippen molar-refractivity contribution in [2.24, 2.45) is 11.7 Å². The van der Waals surface area contributed by atoms with Gasteiger partial charge in [0, 0.05) is 38.3 Å². The highest BCUT2D eigenvalue weighted by atomic mass is 16.5. The maximum Gasteiger partial charge on any atom is 0.239 e. The topological polar surface area (TPSA) is 97.7 Å². The van der Waals surface area contributed by atoms with E-state index in [0.717, 1.165) is 25.8 Å². The number of ether oxygens (including phenoxy) is 1. The SMILES string of the molecule is CC(C)c1nc(CN(C)C2CCN(C(=O)C(N)C3CCOCC3)C2)no1. The lowest BCUT2D eigenvalue weighted by molar-refractivity contribution is -0.133. The van der Waals surface area contributed by atoms with Gasteiger partial charge in [-0.25, -0.2) is 0 Å². The molecular formula is C18H31N5O3. The van der Waals surface area contributed by atoms with Crippen LogP contribution in [0.1, 0.15) is 50.7 Å². The standard InChI is InChI=1S/C18H31N5O3/c1-12(2)17-20-15(21-26-17)11-22(3)14-4-7-23(10-14)18(24)16(19)13-5-8-25-9-6-13/h12-14,16H,4-11,19H2,1-3H3. The van der Waals surface area contributed by atoms with Crippen molar-refractivity contribution in [3.8, 4) is 0 Å². The summed E-state index contributed by atoms with van der Waals surface area (Å²) in [7, 11) is 2.04. The molecule has 3 rings (SSSR count). The number of rotatable bonds is 6. The van der Waals surface area contributed by atoms with Gasteiger partial charge in [0.25, 0.3) is 0 Å². The molecule has 2 fully saturated rings. The number of carbonyl (C=O) groups is 1. The molecule has 0 spiro atoms. The third kappa shape index (κ3) is 4.42. The summed E-state index contributed by atoms with van der Waals surface area (Å²) in [5.41, 5.74) is 6.26. The van der Waals surface area contributed by atoms with Crippen molar-refractivity contribution in [3.63, 3.8) is 0 Å². The second kappa shape index (κ2) is 8.45. The fourth-order valence-corrected chi connectivity index (χ4v) is 3.71. The Labute approximate surface area is 155 Å². The summed E-state index contributed by atoms with van der Waals surface area (Å²) in [6.07, 6.45) is 2.69. The molecule has 1 aromatic rings. The fourth-order valence-electron chi connectivity index (χ4n) is 3.71. The highest BCUT2D eigenvalue weighted by Crippen LogP contribution is 2.22. The summed E-state index contributed by atoms with van der Waals surface area (Å²) in [5, 5.41) is 4.05. The second-order valence-electron chi connectivity index (χ2n) is 7.82.